The van der Waals surface area contributed by atoms with E-state index in [1.807, 2.05) is 42.4 Å². The molecule has 3 nitrogen and oxygen atoms in total. The largest absolute Gasteiger partial charge is 0.264 e. The van der Waals surface area contributed by atoms with Crippen LogP contribution in [0.1, 0.15) is 42.0 Å². The Labute approximate surface area is 198 Å². The molecule has 0 atom stereocenters. The summed E-state index contributed by atoms with van der Waals surface area (Å²) in [6.07, 6.45) is 7.94. The van der Waals surface area contributed by atoms with Gasteiger partial charge in [0.1, 0.15) is 0 Å². The first kappa shape index (κ1) is 21.3. The topological polar surface area (TPSA) is 30.7 Å². The fourth-order valence-corrected chi connectivity index (χ4v) is 5.51. The summed E-state index contributed by atoms with van der Waals surface area (Å²) in [5, 5.41) is 5.88. The molecule has 4 aromatic rings. The Hall–Kier alpha value is -2.56. The molecule has 0 saturated heterocycles. The highest BCUT2D eigenvalue weighted by atomic mass is 35.5. The monoisotopic (exact) mass is 459 g/mol. The molecular weight excluding hydrogens is 434 g/mol. The maximum atomic E-state index is 6.16. The smallest absolute Gasteiger partial charge is 0.0961 e. The molecule has 5 heteroatoms. The minimum Gasteiger partial charge on any atom is -0.264 e. The lowest BCUT2D eigenvalue weighted by atomic mass is 9.85. The van der Waals surface area contributed by atoms with E-state index in [0.717, 1.165) is 34.7 Å². The van der Waals surface area contributed by atoms with Crippen LogP contribution in [-0.2, 0) is 19.4 Å². The highest BCUT2D eigenvalue weighted by molar-refractivity contribution is 7.98. The van der Waals surface area contributed by atoms with Crippen LogP contribution in [0.25, 0.3) is 22.5 Å². The summed E-state index contributed by atoms with van der Waals surface area (Å²) >= 11 is 7.99. The predicted molar refractivity (Wildman–Crippen MR) is 135 cm³/mol. The third-order valence-corrected chi connectivity index (χ3v) is 7.25. The van der Waals surface area contributed by atoms with Crippen molar-refractivity contribution in [3.8, 4) is 22.5 Å². The third-order valence-electron chi connectivity index (χ3n) is 6.20. The minimum atomic E-state index is 0.508. The van der Waals surface area contributed by atoms with Gasteiger partial charge < -0.3 is 0 Å². The summed E-state index contributed by atoms with van der Waals surface area (Å²) in [4.78, 5) is 5.67. The molecule has 2 aromatic heterocycles. The van der Waals surface area contributed by atoms with Crippen LogP contribution in [0.4, 0.5) is 0 Å². The zero-order chi connectivity index (χ0) is 22.2. The summed E-state index contributed by atoms with van der Waals surface area (Å²) in [5.74, 6) is 0.508. The van der Waals surface area contributed by atoms with Gasteiger partial charge in [-0.3, -0.25) is 9.67 Å². The lowest BCUT2D eigenvalue weighted by Crippen LogP contribution is -2.10. The van der Waals surface area contributed by atoms with E-state index in [1.54, 1.807) is 0 Å². The van der Waals surface area contributed by atoms with Gasteiger partial charge in [-0.2, -0.15) is 5.10 Å². The van der Waals surface area contributed by atoms with Gasteiger partial charge in [-0.25, -0.2) is 0 Å². The van der Waals surface area contributed by atoms with E-state index in [9.17, 15) is 0 Å². The molecule has 0 aliphatic heterocycles. The first-order valence-electron chi connectivity index (χ1n) is 11.0. The van der Waals surface area contributed by atoms with Crippen LogP contribution < -0.4 is 0 Å². The van der Waals surface area contributed by atoms with Crippen LogP contribution >= 0.6 is 23.4 Å². The molecule has 32 heavy (non-hydrogen) atoms. The van der Waals surface area contributed by atoms with Crippen molar-refractivity contribution < 1.29 is 0 Å². The third kappa shape index (κ3) is 3.87. The number of hydrogen-bond donors (Lipinski definition) is 0. The molecule has 0 bridgehead atoms. The van der Waals surface area contributed by atoms with Crippen LogP contribution in [0, 0.1) is 0 Å². The summed E-state index contributed by atoms with van der Waals surface area (Å²) < 4.78 is 2.17. The quantitative estimate of drug-likeness (QED) is 0.294. The van der Waals surface area contributed by atoms with E-state index in [0.29, 0.717) is 12.5 Å². The van der Waals surface area contributed by atoms with Crippen LogP contribution in [0.2, 0.25) is 5.02 Å². The molecule has 2 heterocycles. The van der Waals surface area contributed by atoms with E-state index in [4.69, 9.17) is 16.7 Å². The molecular formula is C27H26ClN3S. The first-order chi connectivity index (χ1) is 15.5. The number of halogens is 1. The number of hydrogen-bond acceptors (Lipinski definition) is 3. The highest BCUT2D eigenvalue weighted by Gasteiger charge is 2.27. The second-order valence-electron chi connectivity index (χ2n) is 8.61. The van der Waals surface area contributed by atoms with Gasteiger partial charge in [-0.1, -0.05) is 49.7 Å². The molecule has 162 valence electrons. The average molecular weight is 460 g/mol. The van der Waals surface area contributed by atoms with Crippen LogP contribution in [0.3, 0.4) is 0 Å². The van der Waals surface area contributed by atoms with Gasteiger partial charge in [-0.05, 0) is 66.0 Å². The van der Waals surface area contributed by atoms with E-state index in [1.165, 1.54) is 32.8 Å². The number of fused-ring (bicyclic) bond motifs is 3. The molecule has 0 radical (unpaired) electrons. The summed E-state index contributed by atoms with van der Waals surface area (Å²) in [7, 11) is 0. The first-order valence-corrected chi connectivity index (χ1v) is 12.6. The predicted octanol–water partition coefficient (Wildman–Crippen LogP) is 7.26. The number of pyridine rings is 1. The lowest BCUT2D eigenvalue weighted by molar-refractivity contribution is 0.691. The molecule has 0 fully saturated rings. The fraction of sp³-hybridized carbons (Fsp3) is 0.259. The van der Waals surface area contributed by atoms with Crippen molar-refractivity contribution in [1.29, 1.82) is 0 Å². The van der Waals surface area contributed by atoms with Crippen LogP contribution in [0.5, 0.6) is 0 Å². The van der Waals surface area contributed by atoms with Crippen LogP contribution in [-0.4, -0.2) is 21.0 Å². The van der Waals surface area contributed by atoms with Crippen molar-refractivity contribution in [2.24, 2.45) is 0 Å². The van der Waals surface area contributed by atoms with Crippen molar-refractivity contribution in [2.75, 3.05) is 6.26 Å². The molecule has 1 aliphatic rings. The molecule has 1 aliphatic carbocycles. The maximum Gasteiger partial charge on any atom is 0.0961 e. The van der Waals surface area contributed by atoms with Crippen molar-refractivity contribution in [1.82, 2.24) is 14.8 Å². The van der Waals surface area contributed by atoms with Crippen LogP contribution in [0.15, 0.2) is 65.8 Å². The van der Waals surface area contributed by atoms with Gasteiger partial charge in [0.25, 0.3) is 0 Å². The summed E-state index contributed by atoms with van der Waals surface area (Å²) in [6.45, 7) is 5.26. The average Bonchev–Trinajstić information content (AvgIpc) is 3.18. The molecule has 0 saturated carbocycles. The Bertz CT molecular complexity index is 1260. The van der Waals surface area contributed by atoms with Crippen molar-refractivity contribution >= 4 is 23.4 Å². The minimum absolute atomic E-state index is 0.508. The Kier molecular flexibility index (Phi) is 5.83. The normalized spacial score (nSPS) is 12.7. The number of aryl methyl sites for hydroxylation is 1. The molecule has 2 aromatic carbocycles. The van der Waals surface area contributed by atoms with Gasteiger partial charge in [0.2, 0.25) is 0 Å². The molecule has 0 N–H and O–H groups in total. The Morgan fingerprint density at radius 1 is 1.09 bits per heavy atom. The number of thioether (sulfide) groups is 1. The van der Waals surface area contributed by atoms with E-state index >= 15 is 0 Å². The number of nitrogens with zero attached hydrogens (tertiary/aromatic N) is 3. The number of aromatic nitrogens is 3. The number of rotatable bonds is 5. The van der Waals surface area contributed by atoms with E-state index < -0.39 is 0 Å². The van der Waals surface area contributed by atoms with Crippen molar-refractivity contribution in [3.05, 3.63) is 88.2 Å². The Balaban J connectivity index is 1.72. The Morgan fingerprint density at radius 3 is 2.59 bits per heavy atom. The van der Waals surface area contributed by atoms with E-state index in [2.05, 4.69) is 60.1 Å². The second kappa shape index (κ2) is 8.76. The summed E-state index contributed by atoms with van der Waals surface area (Å²) in [5.41, 5.74) is 10.1. The van der Waals surface area contributed by atoms with Gasteiger partial charge in [0.15, 0.2) is 0 Å². The zero-order valence-corrected chi connectivity index (χ0v) is 20.2. The molecule has 5 rings (SSSR count). The molecule has 0 amide bonds. The van der Waals surface area contributed by atoms with Gasteiger partial charge >= 0.3 is 0 Å². The fourth-order valence-electron chi connectivity index (χ4n) is 4.61. The van der Waals surface area contributed by atoms with Crippen molar-refractivity contribution in [2.45, 2.75) is 44.0 Å². The van der Waals surface area contributed by atoms with Gasteiger partial charge in [0.05, 0.1) is 17.9 Å². The van der Waals surface area contributed by atoms with Crippen molar-refractivity contribution in [3.63, 3.8) is 0 Å². The maximum absolute atomic E-state index is 6.16. The molecule has 0 spiro atoms. The Morgan fingerprint density at radius 2 is 1.91 bits per heavy atom. The summed E-state index contributed by atoms with van der Waals surface area (Å²) in [6, 6.07) is 17.0. The standard InChI is InChI=1S/C27H26ClN3S/c1-17(2)23-13-20-8-11-22-26(19-6-9-21(28)10-7-19)30-31(16-18-5-4-12-29-15-18)27(22)24(20)14-25(23)32-3/h4-7,9-10,12-15,17H,8,11,16H2,1-3H3. The van der Waals surface area contributed by atoms with Gasteiger partial charge in [0, 0.05) is 39.0 Å². The van der Waals surface area contributed by atoms with Gasteiger partial charge in [-0.15, -0.1) is 11.8 Å². The number of benzene rings is 2. The lowest BCUT2D eigenvalue weighted by Gasteiger charge is -2.23. The zero-order valence-electron chi connectivity index (χ0n) is 18.6. The highest BCUT2D eigenvalue weighted by Crippen LogP contribution is 2.42. The second-order valence-corrected chi connectivity index (χ2v) is 9.89. The SMILES string of the molecule is CSc1cc2c(cc1C(C)C)CCc1c(-c3ccc(Cl)cc3)nn(Cc3cccnc3)c1-2. The van der Waals surface area contributed by atoms with E-state index in [-0.39, 0.29) is 0 Å². The molecule has 0 unspecified atom stereocenters.